The van der Waals surface area contributed by atoms with Crippen LogP contribution in [0.1, 0.15) is 5.89 Å². The van der Waals surface area contributed by atoms with Crippen molar-refractivity contribution in [3.05, 3.63) is 28.2 Å². The quantitative estimate of drug-likeness (QED) is 0.688. The van der Waals surface area contributed by atoms with E-state index in [2.05, 4.69) is 26.4 Å². The summed E-state index contributed by atoms with van der Waals surface area (Å²) in [6.45, 7) is 0.820. The van der Waals surface area contributed by atoms with Crippen LogP contribution in [0.25, 0.3) is 11.5 Å². The molecule has 7 heteroatoms. The van der Waals surface area contributed by atoms with E-state index in [4.69, 9.17) is 34.1 Å². The lowest BCUT2D eigenvalue weighted by atomic mass is 10.3. The van der Waals surface area contributed by atoms with E-state index in [1.807, 2.05) is 0 Å². The molecule has 2 rings (SSSR count). The molecule has 5 nitrogen and oxygen atoms in total. The maximum Gasteiger partial charge on any atom is 0.240 e. The highest BCUT2D eigenvalue weighted by atomic mass is 35.5. The second-order valence-electron chi connectivity index (χ2n) is 3.30. The fourth-order valence-electron chi connectivity index (χ4n) is 1.24. The van der Waals surface area contributed by atoms with Crippen molar-refractivity contribution in [2.75, 3.05) is 6.54 Å². The van der Waals surface area contributed by atoms with Crippen molar-refractivity contribution < 1.29 is 4.52 Å². The summed E-state index contributed by atoms with van der Waals surface area (Å²) in [6.07, 6.45) is 6.57. The molecule has 0 amide bonds. The zero-order chi connectivity index (χ0) is 13.0. The number of nitrogens with one attached hydrogen (secondary N) is 1. The van der Waals surface area contributed by atoms with Gasteiger partial charge in [0.2, 0.25) is 11.7 Å². The Labute approximate surface area is 114 Å². The van der Waals surface area contributed by atoms with E-state index in [-0.39, 0.29) is 0 Å². The average Bonchev–Trinajstić information content (AvgIpc) is 2.78. The van der Waals surface area contributed by atoms with Crippen LogP contribution in [-0.4, -0.2) is 21.7 Å². The molecule has 0 aliphatic carbocycles. The van der Waals surface area contributed by atoms with E-state index >= 15 is 0 Å². The molecule has 0 saturated heterocycles. The molecule has 0 bridgehead atoms. The van der Waals surface area contributed by atoms with Crippen molar-refractivity contribution in [2.24, 2.45) is 0 Å². The Balaban J connectivity index is 2.16. The summed E-state index contributed by atoms with van der Waals surface area (Å²) in [5.74, 6) is 3.17. The Morgan fingerprint density at radius 2 is 2.28 bits per heavy atom. The summed E-state index contributed by atoms with van der Waals surface area (Å²) in [6, 6.07) is 1.57. The lowest BCUT2D eigenvalue weighted by Gasteiger charge is -1.97. The fraction of sp³-hybridized carbons (Fsp3) is 0.182. The second kappa shape index (κ2) is 5.83. The highest BCUT2D eigenvalue weighted by molar-refractivity contribution is 6.35. The summed E-state index contributed by atoms with van der Waals surface area (Å²) in [7, 11) is 0. The predicted octanol–water partition coefficient (Wildman–Crippen LogP) is 2.16. The minimum atomic E-state index is 0.314. The van der Waals surface area contributed by atoms with Crippen molar-refractivity contribution in [1.82, 2.24) is 20.4 Å². The third kappa shape index (κ3) is 2.99. The first-order valence-corrected chi connectivity index (χ1v) is 5.74. The van der Waals surface area contributed by atoms with Crippen molar-refractivity contribution in [2.45, 2.75) is 6.54 Å². The van der Waals surface area contributed by atoms with Gasteiger partial charge in [-0.05, 0) is 6.07 Å². The number of nitrogens with zero attached hydrogens (tertiary/aromatic N) is 3. The molecule has 0 fully saturated rings. The van der Waals surface area contributed by atoms with Gasteiger partial charge in [-0.2, -0.15) is 4.98 Å². The molecule has 0 spiro atoms. The first-order valence-electron chi connectivity index (χ1n) is 4.99. The molecule has 18 heavy (non-hydrogen) atoms. The highest BCUT2D eigenvalue weighted by Crippen LogP contribution is 2.25. The first-order chi connectivity index (χ1) is 8.70. The van der Waals surface area contributed by atoms with Gasteiger partial charge in [0.1, 0.15) is 5.69 Å². The van der Waals surface area contributed by atoms with E-state index in [0.29, 0.717) is 40.5 Å². The smallest absolute Gasteiger partial charge is 0.240 e. The van der Waals surface area contributed by atoms with Gasteiger partial charge in [0.15, 0.2) is 0 Å². The van der Waals surface area contributed by atoms with Crippen LogP contribution in [0, 0.1) is 12.3 Å². The molecule has 0 unspecified atom stereocenters. The summed E-state index contributed by atoms with van der Waals surface area (Å²) in [5.41, 5.74) is 0.424. The fourth-order valence-corrected chi connectivity index (χ4v) is 1.71. The molecule has 2 heterocycles. The number of aromatic nitrogens is 3. The normalized spacial score (nSPS) is 10.3. The molecule has 0 saturated carbocycles. The summed E-state index contributed by atoms with van der Waals surface area (Å²) in [5, 5.41) is 7.54. The molecule has 2 aromatic heterocycles. The number of pyridine rings is 1. The van der Waals surface area contributed by atoms with Gasteiger partial charge in [0, 0.05) is 6.20 Å². The third-order valence-corrected chi connectivity index (χ3v) is 2.49. The van der Waals surface area contributed by atoms with Gasteiger partial charge in [-0.1, -0.05) is 34.3 Å². The lowest BCUT2D eigenvalue weighted by Crippen LogP contribution is -2.13. The Kier molecular flexibility index (Phi) is 4.15. The largest absolute Gasteiger partial charge is 0.337 e. The standard InChI is InChI=1S/C11H8Cl2N4O/c1-2-3-14-6-9-16-11(17-18-9)10-8(13)4-7(12)5-15-10/h1,4-5,14H,3,6H2. The van der Waals surface area contributed by atoms with Crippen LogP contribution in [0.2, 0.25) is 10.0 Å². The molecular weight excluding hydrogens is 275 g/mol. The number of rotatable bonds is 4. The molecule has 0 aliphatic heterocycles. The molecule has 0 atom stereocenters. The molecule has 0 aromatic carbocycles. The topological polar surface area (TPSA) is 63.8 Å². The molecule has 92 valence electrons. The number of hydrogen-bond acceptors (Lipinski definition) is 5. The van der Waals surface area contributed by atoms with Gasteiger partial charge in [-0.15, -0.1) is 6.42 Å². The van der Waals surface area contributed by atoms with E-state index in [1.54, 1.807) is 6.07 Å². The Bertz CT molecular complexity index is 591. The van der Waals surface area contributed by atoms with E-state index in [1.165, 1.54) is 6.20 Å². The first kappa shape index (κ1) is 12.8. The van der Waals surface area contributed by atoms with Crippen LogP contribution < -0.4 is 5.32 Å². The van der Waals surface area contributed by atoms with Gasteiger partial charge in [-0.3, -0.25) is 5.32 Å². The zero-order valence-electron chi connectivity index (χ0n) is 9.15. The summed E-state index contributed by atoms with van der Waals surface area (Å²) in [4.78, 5) is 8.20. The van der Waals surface area contributed by atoms with Crippen molar-refractivity contribution in [3.8, 4) is 23.9 Å². The van der Waals surface area contributed by atoms with Crippen molar-refractivity contribution >= 4 is 23.2 Å². The zero-order valence-corrected chi connectivity index (χ0v) is 10.7. The van der Waals surface area contributed by atoms with Gasteiger partial charge in [0.05, 0.1) is 23.1 Å². The Morgan fingerprint density at radius 3 is 3.00 bits per heavy atom. The maximum atomic E-state index is 5.99. The van der Waals surface area contributed by atoms with Crippen LogP contribution in [0.4, 0.5) is 0 Å². The number of terminal acetylenes is 1. The van der Waals surface area contributed by atoms with Crippen LogP contribution in [0.15, 0.2) is 16.8 Å². The minimum Gasteiger partial charge on any atom is -0.337 e. The Hall–Kier alpha value is -1.61. The SMILES string of the molecule is C#CCNCc1nc(-c2ncc(Cl)cc2Cl)no1. The van der Waals surface area contributed by atoms with Crippen LogP contribution >= 0.6 is 23.2 Å². The molecule has 0 radical (unpaired) electrons. The van der Waals surface area contributed by atoms with E-state index in [0.717, 1.165) is 0 Å². The van der Waals surface area contributed by atoms with Crippen molar-refractivity contribution in [3.63, 3.8) is 0 Å². The number of halogens is 2. The second-order valence-corrected chi connectivity index (χ2v) is 4.15. The monoisotopic (exact) mass is 282 g/mol. The van der Waals surface area contributed by atoms with E-state index in [9.17, 15) is 0 Å². The minimum absolute atomic E-state index is 0.314. The summed E-state index contributed by atoms with van der Waals surface area (Å²) < 4.78 is 5.03. The average molecular weight is 283 g/mol. The summed E-state index contributed by atoms with van der Waals surface area (Å²) >= 11 is 11.7. The van der Waals surface area contributed by atoms with Gasteiger partial charge in [0.25, 0.3) is 0 Å². The highest BCUT2D eigenvalue weighted by Gasteiger charge is 2.13. The molecule has 0 aliphatic rings. The van der Waals surface area contributed by atoms with Crippen LogP contribution in [0.3, 0.4) is 0 Å². The van der Waals surface area contributed by atoms with Crippen molar-refractivity contribution in [1.29, 1.82) is 0 Å². The van der Waals surface area contributed by atoms with E-state index < -0.39 is 0 Å². The van der Waals surface area contributed by atoms with Crippen LogP contribution in [0.5, 0.6) is 0 Å². The molecule has 2 aromatic rings. The van der Waals surface area contributed by atoms with Gasteiger partial charge >= 0.3 is 0 Å². The van der Waals surface area contributed by atoms with Gasteiger partial charge in [-0.25, -0.2) is 4.98 Å². The third-order valence-electron chi connectivity index (χ3n) is 1.99. The molecule has 1 N–H and O–H groups in total. The van der Waals surface area contributed by atoms with Crippen LogP contribution in [-0.2, 0) is 6.54 Å². The predicted molar refractivity (Wildman–Crippen MR) is 68.1 cm³/mol. The molecular formula is C11H8Cl2N4O. The number of hydrogen-bond donors (Lipinski definition) is 1. The Morgan fingerprint density at radius 1 is 1.44 bits per heavy atom. The maximum absolute atomic E-state index is 5.99. The van der Waals surface area contributed by atoms with Gasteiger partial charge < -0.3 is 4.52 Å². The lowest BCUT2D eigenvalue weighted by molar-refractivity contribution is 0.370.